The molecule has 1 fully saturated rings. The molecule has 1 aliphatic rings. The van der Waals surface area contributed by atoms with Crippen molar-refractivity contribution in [2.75, 3.05) is 38.7 Å². The molecule has 3 heteroatoms. The molecule has 1 heterocycles. The quantitative estimate of drug-likeness (QED) is 0.706. The summed E-state index contributed by atoms with van der Waals surface area (Å²) in [5, 5.41) is 3.21. The van der Waals surface area contributed by atoms with E-state index < -0.39 is 0 Å². The number of hydrogen-bond donors (Lipinski definition) is 1. The van der Waals surface area contributed by atoms with Crippen LogP contribution in [-0.2, 0) is 0 Å². The average molecular weight is 190 g/mol. The summed E-state index contributed by atoms with van der Waals surface area (Å²) in [7, 11) is 4.23. The average Bonchev–Trinajstić information content (AvgIpc) is 2.13. The van der Waals surface area contributed by atoms with Crippen molar-refractivity contribution in [3.8, 4) is 0 Å². The normalized spacial score (nSPS) is 24.5. The monoisotopic (exact) mass is 190 g/mol. The molecule has 0 saturated carbocycles. The third-order valence-electron chi connectivity index (χ3n) is 1.96. The van der Waals surface area contributed by atoms with Crippen LogP contribution < -0.4 is 5.32 Å². The van der Waals surface area contributed by atoms with E-state index in [-0.39, 0.29) is 0 Å². The summed E-state index contributed by atoms with van der Waals surface area (Å²) in [6, 6.07) is 0.753. The number of rotatable bonds is 2. The van der Waals surface area contributed by atoms with Crippen LogP contribution in [0.2, 0.25) is 0 Å². The van der Waals surface area contributed by atoms with Gasteiger partial charge >= 0.3 is 0 Å². The van der Waals surface area contributed by atoms with E-state index in [1.807, 2.05) is 20.9 Å². The van der Waals surface area contributed by atoms with Gasteiger partial charge in [-0.3, -0.25) is 0 Å². The topological polar surface area (TPSA) is 15.3 Å². The van der Waals surface area contributed by atoms with Crippen LogP contribution in [0.1, 0.15) is 13.8 Å². The number of likely N-dealkylation sites (N-methyl/N-ethyl adjacent to an activating group) is 2. The van der Waals surface area contributed by atoms with Gasteiger partial charge in [-0.1, -0.05) is 13.8 Å². The SMILES string of the molecule is CC.CNCC1CSCCN1C. The van der Waals surface area contributed by atoms with Crippen molar-refractivity contribution in [1.29, 1.82) is 0 Å². The highest BCUT2D eigenvalue weighted by Gasteiger charge is 2.17. The predicted octanol–water partition coefficient (Wildman–Crippen LogP) is 1.28. The van der Waals surface area contributed by atoms with Crippen LogP contribution in [0.3, 0.4) is 0 Å². The van der Waals surface area contributed by atoms with Crippen molar-refractivity contribution >= 4 is 11.8 Å². The van der Waals surface area contributed by atoms with E-state index in [1.165, 1.54) is 18.1 Å². The number of thioether (sulfide) groups is 1. The summed E-state index contributed by atoms with van der Waals surface area (Å²) in [4.78, 5) is 2.44. The van der Waals surface area contributed by atoms with Crippen LogP contribution in [0, 0.1) is 0 Å². The second-order valence-electron chi connectivity index (χ2n) is 2.77. The van der Waals surface area contributed by atoms with E-state index in [2.05, 4.69) is 29.0 Å². The van der Waals surface area contributed by atoms with Gasteiger partial charge in [0.25, 0.3) is 0 Å². The lowest BCUT2D eigenvalue weighted by atomic mass is 10.3. The minimum atomic E-state index is 0.753. The first-order chi connectivity index (χ1) is 5.84. The molecule has 1 unspecified atom stereocenters. The molecule has 0 amide bonds. The minimum Gasteiger partial charge on any atom is -0.318 e. The number of nitrogens with zero attached hydrogens (tertiary/aromatic N) is 1. The highest BCUT2D eigenvalue weighted by molar-refractivity contribution is 7.99. The maximum Gasteiger partial charge on any atom is 0.0308 e. The largest absolute Gasteiger partial charge is 0.318 e. The van der Waals surface area contributed by atoms with Gasteiger partial charge in [-0.15, -0.1) is 0 Å². The number of nitrogens with one attached hydrogen (secondary N) is 1. The molecule has 0 bridgehead atoms. The molecule has 0 aliphatic carbocycles. The fourth-order valence-corrected chi connectivity index (χ4v) is 2.42. The summed E-state index contributed by atoms with van der Waals surface area (Å²) >= 11 is 2.07. The van der Waals surface area contributed by atoms with Crippen LogP contribution in [0.15, 0.2) is 0 Å². The van der Waals surface area contributed by atoms with Crippen molar-refractivity contribution < 1.29 is 0 Å². The Morgan fingerprint density at radius 3 is 2.67 bits per heavy atom. The van der Waals surface area contributed by atoms with Crippen LogP contribution in [0.4, 0.5) is 0 Å². The molecule has 2 nitrogen and oxygen atoms in total. The lowest BCUT2D eigenvalue weighted by molar-refractivity contribution is 0.266. The Hall–Kier alpha value is 0.270. The van der Waals surface area contributed by atoms with Crippen LogP contribution in [0.25, 0.3) is 0 Å². The maximum absolute atomic E-state index is 3.21. The van der Waals surface area contributed by atoms with Gasteiger partial charge in [-0.2, -0.15) is 11.8 Å². The summed E-state index contributed by atoms with van der Waals surface area (Å²) in [6.45, 7) is 6.38. The van der Waals surface area contributed by atoms with Gasteiger partial charge in [0.15, 0.2) is 0 Å². The minimum absolute atomic E-state index is 0.753. The highest BCUT2D eigenvalue weighted by atomic mass is 32.2. The second-order valence-corrected chi connectivity index (χ2v) is 3.92. The molecule has 1 saturated heterocycles. The lowest BCUT2D eigenvalue weighted by Crippen LogP contribution is -2.44. The zero-order chi connectivity index (χ0) is 9.40. The van der Waals surface area contributed by atoms with Crippen molar-refractivity contribution in [2.24, 2.45) is 0 Å². The predicted molar refractivity (Wildman–Crippen MR) is 59.0 cm³/mol. The van der Waals surface area contributed by atoms with Crippen molar-refractivity contribution in [3.63, 3.8) is 0 Å². The molecular formula is C9H22N2S. The molecule has 12 heavy (non-hydrogen) atoms. The molecule has 1 N–H and O–H groups in total. The van der Waals surface area contributed by atoms with Crippen molar-refractivity contribution in [1.82, 2.24) is 10.2 Å². The smallest absolute Gasteiger partial charge is 0.0308 e. The fraction of sp³-hybridized carbons (Fsp3) is 1.00. The van der Waals surface area contributed by atoms with Crippen LogP contribution in [0.5, 0.6) is 0 Å². The standard InChI is InChI=1S/C7H16N2S.C2H6/c1-8-5-7-6-10-4-3-9(7)2;1-2/h7-8H,3-6H2,1-2H3;1-2H3. The second kappa shape index (κ2) is 7.90. The molecule has 1 atom stereocenters. The number of hydrogen-bond acceptors (Lipinski definition) is 3. The van der Waals surface area contributed by atoms with Gasteiger partial charge in [-0.25, -0.2) is 0 Å². The fourth-order valence-electron chi connectivity index (χ4n) is 1.19. The van der Waals surface area contributed by atoms with Gasteiger partial charge in [0.1, 0.15) is 0 Å². The van der Waals surface area contributed by atoms with E-state index in [0.717, 1.165) is 12.6 Å². The van der Waals surface area contributed by atoms with Gasteiger partial charge in [0, 0.05) is 30.6 Å². The third-order valence-corrected chi connectivity index (χ3v) is 3.05. The van der Waals surface area contributed by atoms with E-state index in [0.29, 0.717) is 0 Å². The first-order valence-corrected chi connectivity index (χ1v) is 5.92. The first-order valence-electron chi connectivity index (χ1n) is 4.77. The lowest BCUT2D eigenvalue weighted by Gasteiger charge is -2.31. The molecular weight excluding hydrogens is 168 g/mol. The van der Waals surface area contributed by atoms with Gasteiger partial charge < -0.3 is 10.2 Å². The molecule has 0 radical (unpaired) electrons. The molecule has 0 aromatic rings. The Bertz CT molecular complexity index is 96.5. The summed E-state index contributed by atoms with van der Waals surface area (Å²) in [5.74, 6) is 2.59. The van der Waals surface area contributed by atoms with E-state index in [1.54, 1.807) is 0 Å². The van der Waals surface area contributed by atoms with Gasteiger partial charge in [0.05, 0.1) is 0 Å². The highest BCUT2D eigenvalue weighted by Crippen LogP contribution is 2.13. The Morgan fingerprint density at radius 2 is 2.17 bits per heavy atom. The van der Waals surface area contributed by atoms with Crippen molar-refractivity contribution in [3.05, 3.63) is 0 Å². The first kappa shape index (κ1) is 12.3. The zero-order valence-corrected chi connectivity index (χ0v) is 9.58. The van der Waals surface area contributed by atoms with E-state index in [4.69, 9.17) is 0 Å². The molecule has 0 aromatic heterocycles. The summed E-state index contributed by atoms with van der Waals surface area (Å²) in [6.07, 6.45) is 0. The Labute approximate surface area is 81.1 Å². The molecule has 74 valence electrons. The summed E-state index contributed by atoms with van der Waals surface area (Å²) < 4.78 is 0. The Balaban J connectivity index is 0.000000561. The third kappa shape index (κ3) is 4.33. The maximum atomic E-state index is 3.21. The zero-order valence-electron chi connectivity index (χ0n) is 8.76. The molecule has 1 aliphatic heterocycles. The molecule has 0 aromatic carbocycles. The molecule has 0 spiro atoms. The Kier molecular flexibility index (Phi) is 8.07. The van der Waals surface area contributed by atoms with E-state index >= 15 is 0 Å². The molecule has 1 rings (SSSR count). The van der Waals surface area contributed by atoms with E-state index in [9.17, 15) is 0 Å². The van der Waals surface area contributed by atoms with Gasteiger partial charge in [0.2, 0.25) is 0 Å². The van der Waals surface area contributed by atoms with Crippen LogP contribution in [-0.4, -0.2) is 49.6 Å². The van der Waals surface area contributed by atoms with Gasteiger partial charge in [-0.05, 0) is 14.1 Å². The van der Waals surface area contributed by atoms with Crippen molar-refractivity contribution in [2.45, 2.75) is 19.9 Å². The summed E-state index contributed by atoms with van der Waals surface area (Å²) in [5.41, 5.74) is 0. The van der Waals surface area contributed by atoms with Crippen LogP contribution >= 0.6 is 11.8 Å². The Morgan fingerprint density at radius 1 is 1.50 bits per heavy atom.